The Morgan fingerprint density at radius 3 is 2.43 bits per heavy atom. The number of rotatable bonds is 5. The standard InChI is InChI=1S/C13H26NO4PS2/c1-13(2,3)17-12(15)14(4)9-11(18-19(16,20)21)10-7-5-6-8-10/h10-11H,5-9H2,1-4H3,(H2,16,20,21). The van der Waals surface area contributed by atoms with Gasteiger partial charge in [0.15, 0.2) is 0 Å². The number of amides is 1. The Morgan fingerprint density at radius 2 is 2.00 bits per heavy atom. The van der Waals surface area contributed by atoms with Gasteiger partial charge in [-0.3, -0.25) is 0 Å². The van der Waals surface area contributed by atoms with Crippen molar-refractivity contribution in [3.63, 3.8) is 0 Å². The second-order valence-electron chi connectivity index (χ2n) is 6.54. The van der Waals surface area contributed by atoms with Crippen molar-refractivity contribution in [2.75, 3.05) is 13.6 Å². The molecule has 1 aliphatic carbocycles. The van der Waals surface area contributed by atoms with Gasteiger partial charge < -0.3 is 19.1 Å². The Bertz CT molecular complexity index is 401. The third-order valence-electron chi connectivity index (χ3n) is 3.36. The summed E-state index contributed by atoms with van der Waals surface area (Å²) in [5, 5.41) is 0. The summed E-state index contributed by atoms with van der Waals surface area (Å²) in [4.78, 5) is 23.2. The zero-order valence-corrected chi connectivity index (χ0v) is 15.7. The molecule has 5 nitrogen and oxygen atoms in total. The van der Waals surface area contributed by atoms with Gasteiger partial charge in [0.05, 0.1) is 12.6 Å². The van der Waals surface area contributed by atoms with Crippen molar-refractivity contribution in [1.29, 1.82) is 0 Å². The number of thiol groups is 1. The number of ether oxygens (including phenoxy) is 1. The minimum atomic E-state index is -3.05. The molecular weight excluding hydrogens is 329 g/mol. The fraction of sp³-hybridized carbons (Fsp3) is 0.923. The topological polar surface area (TPSA) is 59.0 Å². The Balaban J connectivity index is 2.66. The van der Waals surface area contributed by atoms with Gasteiger partial charge >= 0.3 is 6.09 Å². The van der Waals surface area contributed by atoms with Gasteiger partial charge in [-0.25, -0.2) is 4.79 Å². The van der Waals surface area contributed by atoms with Crippen LogP contribution in [0.2, 0.25) is 0 Å². The van der Waals surface area contributed by atoms with Gasteiger partial charge in [0.2, 0.25) is 5.69 Å². The molecular formula is C13H26NO4PS2. The third-order valence-corrected chi connectivity index (χ3v) is 4.44. The summed E-state index contributed by atoms with van der Waals surface area (Å²) in [7, 11) is 1.67. The highest BCUT2D eigenvalue weighted by molar-refractivity contribution is 8.59. The molecule has 2 atom stereocenters. The van der Waals surface area contributed by atoms with E-state index in [0.717, 1.165) is 25.7 Å². The maximum Gasteiger partial charge on any atom is 0.410 e. The third kappa shape index (κ3) is 7.84. The first kappa shape index (κ1) is 19.2. The Labute approximate surface area is 137 Å². The molecule has 1 fully saturated rings. The Kier molecular flexibility index (Phi) is 7.00. The van der Waals surface area contributed by atoms with E-state index in [9.17, 15) is 9.69 Å². The lowest BCUT2D eigenvalue weighted by molar-refractivity contribution is 0.0182. The molecule has 0 radical (unpaired) electrons. The normalized spacial score (nSPS) is 20.9. The van der Waals surface area contributed by atoms with Crippen LogP contribution in [0.5, 0.6) is 0 Å². The van der Waals surface area contributed by atoms with E-state index in [1.54, 1.807) is 7.05 Å². The van der Waals surface area contributed by atoms with Crippen LogP contribution in [0, 0.1) is 5.92 Å². The SMILES string of the molecule is CN(CC(OP(O)(=S)S)C1CCCC1)C(=O)OC(C)(C)C. The lowest BCUT2D eigenvalue weighted by atomic mass is 10.0. The van der Waals surface area contributed by atoms with E-state index in [1.807, 2.05) is 20.8 Å². The van der Waals surface area contributed by atoms with Crippen LogP contribution in [0.3, 0.4) is 0 Å². The van der Waals surface area contributed by atoms with E-state index in [4.69, 9.17) is 21.1 Å². The number of carbonyl (C=O) groups is 1. The molecule has 1 amide bonds. The number of carbonyl (C=O) groups excluding carboxylic acids is 1. The van der Waals surface area contributed by atoms with Crippen molar-refractivity contribution in [3.05, 3.63) is 0 Å². The van der Waals surface area contributed by atoms with Crippen LogP contribution in [-0.2, 0) is 21.1 Å². The zero-order chi connectivity index (χ0) is 16.3. The second-order valence-corrected chi connectivity index (χ2v) is 11.7. The molecule has 0 saturated heterocycles. The van der Waals surface area contributed by atoms with Crippen LogP contribution in [0.25, 0.3) is 0 Å². The summed E-state index contributed by atoms with van der Waals surface area (Å²) in [5.41, 5.74) is -3.59. The monoisotopic (exact) mass is 355 g/mol. The molecule has 124 valence electrons. The minimum Gasteiger partial charge on any atom is -0.444 e. The molecule has 1 aliphatic rings. The van der Waals surface area contributed by atoms with Crippen LogP contribution in [-0.4, -0.2) is 41.2 Å². The van der Waals surface area contributed by atoms with Crippen molar-refractivity contribution in [2.45, 2.75) is 58.2 Å². The molecule has 21 heavy (non-hydrogen) atoms. The van der Waals surface area contributed by atoms with Crippen molar-refractivity contribution < 1.29 is 18.9 Å². The summed E-state index contributed by atoms with van der Waals surface area (Å²) in [5.74, 6) is 0.302. The molecule has 1 rings (SSSR count). The fourth-order valence-corrected chi connectivity index (χ4v) is 3.74. The number of hydrogen-bond acceptors (Lipinski definition) is 4. The average molecular weight is 355 g/mol. The lowest BCUT2D eigenvalue weighted by Gasteiger charge is -2.31. The van der Waals surface area contributed by atoms with Crippen molar-refractivity contribution >= 4 is 35.8 Å². The molecule has 1 N–H and O–H groups in total. The van der Waals surface area contributed by atoms with Crippen LogP contribution >= 0.6 is 17.9 Å². The van der Waals surface area contributed by atoms with Gasteiger partial charge in [0.1, 0.15) is 5.60 Å². The van der Waals surface area contributed by atoms with E-state index in [0.29, 0.717) is 12.5 Å². The smallest absolute Gasteiger partial charge is 0.410 e. The maximum absolute atomic E-state index is 12.0. The molecule has 0 spiro atoms. The first-order valence-corrected chi connectivity index (χ1v) is 11.0. The van der Waals surface area contributed by atoms with Gasteiger partial charge in [-0.05, 0) is 51.3 Å². The molecule has 2 unspecified atom stereocenters. The molecule has 0 heterocycles. The molecule has 0 aliphatic heterocycles. The number of likely N-dealkylation sites (N-methyl/N-ethyl adjacent to an activating group) is 1. The Morgan fingerprint density at radius 1 is 1.48 bits per heavy atom. The summed E-state index contributed by atoms with van der Waals surface area (Å²) in [6.45, 7) is 5.82. The van der Waals surface area contributed by atoms with E-state index in [1.165, 1.54) is 4.90 Å². The zero-order valence-electron chi connectivity index (χ0n) is 13.1. The van der Waals surface area contributed by atoms with Gasteiger partial charge in [0, 0.05) is 7.05 Å². The van der Waals surface area contributed by atoms with Crippen LogP contribution in [0.4, 0.5) is 4.79 Å². The second kappa shape index (κ2) is 7.64. The number of nitrogens with zero attached hydrogens (tertiary/aromatic N) is 1. The van der Waals surface area contributed by atoms with E-state index in [-0.39, 0.29) is 6.10 Å². The Hall–Kier alpha value is 0.190. The van der Waals surface area contributed by atoms with Gasteiger partial charge in [-0.2, -0.15) is 0 Å². The molecule has 0 aromatic rings. The molecule has 8 heteroatoms. The van der Waals surface area contributed by atoms with Crippen LogP contribution in [0.1, 0.15) is 46.5 Å². The summed E-state index contributed by atoms with van der Waals surface area (Å²) >= 11 is 8.83. The van der Waals surface area contributed by atoms with E-state index < -0.39 is 17.4 Å². The summed E-state index contributed by atoms with van der Waals surface area (Å²) in [6.07, 6.45) is 3.63. The van der Waals surface area contributed by atoms with Crippen molar-refractivity contribution in [1.82, 2.24) is 4.90 Å². The fourth-order valence-electron chi connectivity index (χ4n) is 2.46. The van der Waals surface area contributed by atoms with Crippen molar-refractivity contribution in [3.8, 4) is 0 Å². The molecule has 0 aromatic heterocycles. The van der Waals surface area contributed by atoms with E-state index >= 15 is 0 Å². The predicted octanol–water partition coefficient (Wildman–Crippen LogP) is 3.58. The van der Waals surface area contributed by atoms with Gasteiger partial charge in [-0.15, -0.1) is 0 Å². The highest BCUT2D eigenvalue weighted by Crippen LogP contribution is 2.50. The predicted molar refractivity (Wildman–Crippen MR) is 91.2 cm³/mol. The minimum absolute atomic E-state index is 0.293. The number of hydrogen-bond donors (Lipinski definition) is 2. The summed E-state index contributed by atoms with van der Waals surface area (Å²) in [6, 6.07) is 0. The van der Waals surface area contributed by atoms with Crippen LogP contribution in [0.15, 0.2) is 0 Å². The van der Waals surface area contributed by atoms with Crippen molar-refractivity contribution in [2.24, 2.45) is 5.92 Å². The van der Waals surface area contributed by atoms with Gasteiger partial charge in [-0.1, -0.05) is 25.1 Å². The first-order valence-electron chi connectivity index (χ1n) is 7.16. The molecule has 1 saturated carbocycles. The largest absolute Gasteiger partial charge is 0.444 e. The lowest BCUT2D eigenvalue weighted by Crippen LogP contribution is -2.41. The van der Waals surface area contributed by atoms with E-state index in [2.05, 4.69) is 12.2 Å². The highest BCUT2D eigenvalue weighted by atomic mass is 32.9. The quantitative estimate of drug-likeness (QED) is 0.583. The maximum atomic E-state index is 12.0. The first-order chi connectivity index (χ1) is 9.48. The van der Waals surface area contributed by atoms with Gasteiger partial charge in [0.25, 0.3) is 0 Å². The molecule has 0 bridgehead atoms. The summed E-state index contributed by atoms with van der Waals surface area (Å²) < 4.78 is 10.9. The van der Waals surface area contributed by atoms with Crippen LogP contribution < -0.4 is 0 Å². The average Bonchev–Trinajstić information content (AvgIpc) is 2.76. The molecule has 0 aromatic carbocycles. The highest BCUT2D eigenvalue weighted by Gasteiger charge is 2.32.